The lowest BCUT2D eigenvalue weighted by Crippen LogP contribution is -1.96. The molecule has 0 saturated carbocycles. The smallest absolute Gasteiger partial charge is 0.200 e. The summed E-state index contributed by atoms with van der Waals surface area (Å²) in [6, 6.07) is 0. The molecule has 0 amide bonds. The van der Waals surface area contributed by atoms with Crippen LogP contribution >= 0.6 is 0 Å². The second kappa shape index (κ2) is 2.04. The summed E-state index contributed by atoms with van der Waals surface area (Å²) in [4.78, 5) is 0. The van der Waals surface area contributed by atoms with Crippen LogP contribution in [0.4, 0.5) is 0 Å². The highest BCUT2D eigenvalue weighted by atomic mass is 32.2. The molecule has 0 aliphatic carbocycles. The highest BCUT2D eigenvalue weighted by molar-refractivity contribution is 7.95. The summed E-state index contributed by atoms with van der Waals surface area (Å²) >= 11 is -2.03. The van der Waals surface area contributed by atoms with Crippen molar-refractivity contribution in [1.82, 2.24) is 0 Å². The Kier molecular flexibility index (Phi) is 1.97. The van der Waals surface area contributed by atoms with Crippen LogP contribution in [0, 0.1) is 5.41 Å². The Bertz CT molecular complexity index is 77.5. The van der Waals surface area contributed by atoms with Crippen LogP contribution in [-0.4, -0.2) is 13.8 Å². The highest BCUT2D eigenvalue weighted by Crippen LogP contribution is 1.71. The Morgan fingerprint density at radius 2 is 2.17 bits per heavy atom. The lowest BCUT2D eigenvalue weighted by atomic mass is 10.9. The van der Waals surface area contributed by atoms with Crippen LogP contribution in [0.5, 0.6) is 0 Å². The number of hydrogen-bond donors (Lipinski definition) is 2. The van der Waals surface area contributed by atoms with Crippen molar-refractivity contribution in [2.45, 2.75) is 6.92 Å². The summed E-state index contributed by atoms with van der Waals surface area (Å²) in [5, 5.41) is 6.19. The Balaban J connectivity index is 3.57. The second-order valence-corrected chi connectivity index (χ2v) is 1.92. The first-order valence-corrected chi connectivity index (χ1v) is 2.41. The van der Waals surface area contributed by atoms with E-state index in [1.165, 1.54) is 6.92 Å². The molecule has 0 spiro atoms. The normalized spacial score (nSPS) is 13.7. The molecule has 0 bridgehead atoms. The van der Waals surface area contributed by atoms with Gasteiger partial charge in [0.15, 0.2) is 11.1 Å². The molecule has 0 aliphatic heterocycles. The molecule has 36 valence electrons. The maximum Gasteiger partial charge on any atom is 0.200 e. The Labute approximate surface area is 38.2 Å². The first-order chi connectivity index (χ1) is 2.64. The van der Waals surface area contributed by atoms with Crippen LogP contribution in [0.2, 0.25) is 0 Å². The van der Waals surface area contributed by atoms with Crippen LogP contribution in [-0.2, 0) is 11.1 Å². The molecule has 0 saturated heterocycles. The number of hydrogen-bond acceptors (Lipinski definition) is 2. The van der Waals surface area contributed by atoms with Crippen molar-refractivity contribution >= 4 is 16.1 Å². The minimum atomic E-state index is -2.03. The van der Waals surface area contributed by atoms with Crippen LogP contribution in [0.25, 0.3) is 0 Å². The first-order valence-electron chi connectivity index (χ1n) is 1.30. The fourth-order valence-corrected chi connectivity index (χ4v) is 0. The third kappa shape index (κ3) is 2.04. The molecule has 0 radical (unpaired) electrons. The van der Waals surface area contributed by atoms with Gasteiger partial charge in [-0.1, -0.05) is 0 Å². The molecular formula is C2H5NO2S. The summed E-state index contributed by atoms with van der Waals surface area (Å²) in [6.45, 7) is 1.27. The molecule has 1 atom stereocenters. The van der Waals surface area contributed by atoms with Crippen molar-refractivity contribution < 1.29 is 8.76 Å². The standard InChI is InChI=1S/C2H5NO2S/c1-2(3)6(4)5/h3H,1H3,(H,4,5). The SMILES string of the molecule is CC(=N)S(=O)O. The lowest BCUT2D eigenvalue weighted by molar-refractivity contribution is 0.576. The topological polar surface area (TPSA) is 61.2 Å². The Hall–Kier alpha value is -0.220. The van der Waals surface area contributed by atoms with E-state index in [4.69, 9.17) is 9.96 Å². The van der Waals surface area contributed by atoms with Crippen LogP contribution in [0.3, 0.4) is 0 Å². The zero-order valence-electron chi connectivity index (χ0n) is 3.26. The predicted octanol–water partition coefficient (Wildman–Crippen LogP) is 0.205. The van der Waals surface area contributed by atoms with E-state index < -0.39 is 11.1 Å². The molecule has 6 heavy (non-hydrogen) atoms. The van der Waals surface area contributed by atoms with Gasteiger partial charge in [0.25, 0.3) is 0 Å². The molecule has 4 heteroatoms. The lowest BCUT2D eigenvalue weighted by Gasteiger charge is -1.79. The summed E-state index contributed by atoms with van der Waals surface area (Å²) in [7, 11) is 0. The first kappa shape index (κ1) is 5.78. The van der Waals surface area contributed by atoms with Gasteiger partial charge in [0.05, 0.1) is 0 Å². The fraction of sp³-hybridized carbons (Fsp3) is 0.500. The van der Waals surface area contributed by atoms with Crippen LogP contribution in [0.1, 0.15) is 6.92 Å². The predicted molar refractivity (Wildman–Crippen MR) is 24.2 cm³/mol. The monoisotopic (exact) mass is 107 g/mol. The molecule has 0 aromatic carbocycles. The van der Waals surface area contributed by atoms with Gasteiger partial charge in [-0.3, -0.25) is 5.41 Å². The molecular weight excluding hydrogens is 102 g/mol. The third-order valence-electron chi connectivity index (χ3n) is 0.262. The summed E-state index contributed by atoms with van der Waals surface area (Å²) in [5.41, 5.74) is 0. The maximum absolute atomic E-state index is 9.59. The molecule has 0 fully saturated rings. The van der Waals surface area contributed by atoms with Crippen molar-refractivity contribution in [3.63, 3.8) is 0 Å². The second-order valence-electron chi connectivity index (χ2n) is 0.805. The van der Waals surface area contributed by atoms with Gasteiger partial charge in [-0.15, -0.1) is 0 Å². The van der Waals surface area contributed by atoms with Crippen molar-refractivity contribution in [3.8, 4) is 0 Å². The fourth-order valence-electron chi connectivity index (χ4n) is 0. The molecule has 2 N–H and O–H groups in total. The molecule has 0 heterocycles. The van der Waals surface area contributed by atoms with E-state index in [1.54, 1.807) is 0 Å². The maximum atomic E-state index is 9.59. The van der Waals surface area contributed by atoms with Crippen molar-refractivity contribution in [2.75, 3.05) is 0 Å². The minimum Gasteiger partial charge on any atom is -0.301 e. The van der Waals surface area contributed by atoms with Gasteiger partial charge < -0.3 is 4.55 Å². The van der Waals surface area contributed by atoms with Gasteiger partial charge in [0.1, 0.15) is 5.04 Å². The average Bonchev–Trinajstić information content (AvgIpc) is 1.36. The van der Waals surface area contributed by atoms with E-state index in [-0.39, 0.29) is 5.04 Å². The van der Waals surface area contributed by atoms with Gasteiger partial charge in [-0.25, -0.2) is 4.21 Å². The van der Waals surface area contributed by atoms with E-state index in [0.717, 1.165) is 0 Å². The average molecular weight is 107 g/mol. The summed E-state index contributed by atoms with van der Waals surface area (Å²) in [6.07, 6.45) is 0. The molecule has 3 nitrogen and oxygen atoms in total. The highest BCUT2D eigenvalue weighted by Gasteiger charge is 1.89. The molecule has 0 aliphatic rings. The van der Waals surface area contributed by atoms with Crippen molar-refractivity contribution in [1.29, 1.82) is 5.41 Å². The van der Waals surface area contributed by atoms with Gasteiger partial charge in [0, 0.05) is 0 Å². The summed E-state index contributed by atoms with van der Waals surface area (Å²) < 4.78 is 17.5. The van der Waals surface area contributed by atoms with Gasteiger partial charge in [-0.2, -0.15) is 0 Å². The molecule has 0 rings (SSSR count). The van der Waals surface area contributed by atoms with Crippen LogP contribution < -0.4 is 0 Å². The van der Waals surface area contributed by atoms with E-state index in [2.05, 4.69) is 0 Å². The van der Waals surface area contributed by atoms with E-state index in [1.807, 2.05) is 0 Å². The Morgan fingerprint density at radius 1 is 2.00 bits per heavy atom. The van der Waals surface area contributed by atoms with Gasteiger partial charge >= 0.3 is 0 Å². The van der Waals surface area contributed by atoms with Gasteiger partial charge in [0.2, 0.25) is 0 Å². The van der Waals surface area contributed by atoms with E-state index in [0.29, 0.717) is 0 Å². The Morgan fingerprint density at radius 3 is 2.17 bits per heavy atom. The quantitative estimate of drug-likeness (QED) is 0.264. The van der Waals surface area contributed by atoms with Crippen molar-refractivity contribution in [3.05, 3.63) is 0 Å². The zero-order valence-corrected chi connectivity index (χ0v) is 4.08. The van der Waals surface area contributed by atoms with Crippen LogP contribution in [0.15, 0.2) is 0 Å². The minimum absolute atomic E-state index is 0.213. The zero-order chi connectivity index (χ0) is 5.15. The van der Waals surface area contributed by atoms with E-state index in [9.17, 15) is 4.21 Å². The summed E-state index contributed by atoms with van der Waals surface area (Å²) in [5.74, 6) is 0. The number of rotatable bonds is 0. The molecule has 0 aromatic heterocycles. The third-order valence-corrected chi connectivity index (χ3v) is 0.786. The largest absolute Gasteiger partial charge is 0.301 e. The number of nitrogens with one attached hydrogen (secondary N) is 1. The molecule has 1 unspecified atom stereocenters. The van der Waals surface area contributed by atoms with E-state index >= 15 is 0 Å². The molecule has 0 aromatic rings. The van der Waals surface area contributed by atoms with Gasteiger partial charge in [-0.05, 0) is 6.92 Å². The van der Waals surface area contributed by atoms with Crippen molar-refractivity contribution in [2.24, 2.45) is 0 Å².